The maximum Gasteiger partial charge on any atom is 0.180 e. The van der Waals surface area contributed by atoms with E-state index >= 15 is 0 Å². The zero-order valence-electron chi connectivity index (χ0n) is 12.5. The monoisotopic (exact) mass is 309 g/mol. The van der Waals surface area contributed by atoms with Crippen molar-refractivity contribution < 1.29 is 13.2 Å². The van der Waals surface area contributed by atoms with Gasteiger partial charge in [-0.2, -0.15) is 0 Å². The number of nitrogens with zero attached hydrogens (tertiary/aromatic N) is 1. The van der Waals surface area contributed by atoms with Gasteiger partial charge in [-0.25, -0.2) is 8.42 Å². The van der Waals surface area contributed by atoms with Gasteiger partial charge in [0.2, 0.25) is 0 Å². The number of sulfone groups is 1. The van der Waals surface area contributed by atoms with Gasteiger partial charge in [-0.15, -0.1) is 0 Å². The molecule has 3 rings (SSSR count). The Hall–Kier alpha value is -1.07. The second kappa shape index (κ2) is 5.97. The fourth-order valence-corrected chi connectivity index (χ4v) is 4.56. The molecule has 0 amide bonds. The Kier molecular flexibility index (Phi) is 4.22. The molecule has 2 heterocycles. The van der Waals surface area contributed by atoms with Gasteiger partial charge in [-0.05, 0) is 31.4 Å². The van der Waals surface area contributed by atoms with Crippen molar-refractivity contribution in [3.05, 3.63) is 24.3 Å². The van der Waals surface area contributed by atoms with Gasteiger partial charge in [0.25, 0.3) is 0 Å². The van der Waals surface area contributed by atoms with Crippen LogP contribution in [0.15, 0.2) is 29.2 Å². The summed E-state index contributed by atoms with van der Waals surface area (Å²) < 4.78 is 30.4. The molecule has 0 unspecified atom stereocenters. The summed E-state index contributed by atoms with van der Waals surface area (Å²) in [6.45, 7) is 4.35. The van der Waals surface area contributed by atoms with Crippen molar-refractivity contribution in [2.75, 3.05) is 30.3 Å². The summed E-state index contributed by atoms with van der Waals surface area (Å²) in [6, 6.07) is 7.40. The quantitative estimate of drug-likeness (QED) is 0.860. The minimum atomic E-state index is -3.18. The maximum absolute atomic E-state index is 12.3. The van der Waals surface area contributed by atoms with Gasteiger partial charge in [0, 0.05) is 25.6 Å². The lowest BCUT2D eigenvalue weighted by Gasteiger charge is -2.42. The van der Waals surface area contributed by atoms with Crippen LogP contribution in [0.4, 0.5) is 5.69 Å². The molecule has 21 heavy (non-hydrogen) atoms. The highest BCUT2D eigenvalue weighted by molar-refractivity contribution is 7.91. The highest BCUT2D eigenvalue weighted by Gasteiger charge is 2.33. The van der Waals surface area contributed by atoms with E-state index < -0.39 is 9.84 Å². The topological polar surface area (TPSA) is 46.6 Å². The minimum absolute atomic E-state index is 0.146. The van der Waals surface area contributed by atoms with Crippen molar-refractivity contribution in [3.8, 4) is 0 Å². The van der Waals surface area contributed by atoms with E-state index in [1.54, 1.807) is 13.0 Å². The van der Waals surface area contributed by atoms with Crippen molar-refractivity contribution >= 4 is 15.5 Å². The predicted octanol–water partition coefficient (Wildman–Crippen LogP) is 2.49. The molecule has 1 aromatic rings. The normalized spacial score (nSPS) is 26.4. The third-order valence-electron chi connectivity index (χ3n) is 4.64. The summed E-state index contributed by atoms with van der Waals surface area (Å²) in [7, 11) is -3.18. The molecule has 0 spiro atoms. The Labute approximate surface area is 127 Å². The van der Waals surface area contributed by atoms with E-state index in [2.05, 4.69) is 4.90 Å². The van der Waals surface area contributed by atoms with Crippen LogP contribution in [0.25, 0.3) is 0 Å². The number of hydrogen-bond donors (Lipinski definition) is 0. The Morgan fingerprint density at radius 2 is 2.10 bits per heavy atom. The third kappa shape index (κ3) is 2.94. The van der Waals surface area contributed by atoms with Crippen LogP contribution in [-0.4, -0.2) is 40.0 Å². The summed E-state index contributed by atoms with van der Waals surface area (Å²) in [5.74, 6) is 0.678. The molecule has 2 aliphatic rings. The summed E-state index contributed by atoms with van der Waals surface area (Å²) in [4.78, 5) is 2.71. The van der Waals surface area contributed by atoms with Gasteiger partial charge in [-0.1, -0.05) is 19.1 Å². The first-order chi connectivity index (χ1) is 10.1. The van der Waals surface area contributed by atoms with E-state index in [-0.39, 0.29) is 5.75 Å². The van der Waals surface area contributed by atoms with Crippen molar-refractivity contribution in [3.63, 3.8) is 0 Å². The Balaban J connectivity index is 1.88. The maximum atomic E-state index is 12.3. The van der Waals surface area contributed by atoms with Crippen LogP contribution in [0, 0.1) is 5.92 Å². The zero-order chi connectivity index (χ0) is 14.9. The van der Waals surface area contributed by atoms with Crippen LogP contribution in [0.1, 0.15) is 26.2 Å². The lowest BCUT2D eigenvalue weighted by atomic mass is 9.88. The average molecular weight is 309 g/mol. The number of hydrogen-bond acceptors (Lipinski definition) is 4. The molecule has 0 bridgehead atoms. The minimum Gasteiger partial charge on any atom is -0.378 e. The average Bonchev–Trinajstić information content (AvgIpc) is 2.54. The second-order valence-electron chi connectivity index (χ2n) is 5.92. The Morgan fingerprint density at radius 1 is 1.29 bits per heavy atom. The molecule has 0 saturated carbocycles. The number of rotatable bonds is 3. The van der Waals surface area contributed by atoms with Crippen LogP contribution >= 0.6 is 0 Å². The first-order valence-corrected chi connectivity index (χ1v) is 9.45. The van der Waals surface area contributed by atoms with Gasteiger partial charge in [0.1, 0.15) is 0 Å². The smallest absolute Gasteiger partial charge is 0.180 e. The fraction of sp³-hybridized carbons (Fsp3) is 0.625. The van der Waals surface area contributed by atoms with Crippen molar-refractivity contribution in [1.82, 2.24) is 0 Å². The number of ether oxygens (including phenoxy) is 1. The first-order valence-electron chi connectivity index (χ1n) is 7.80. The van der Waals surface area contributed by atoms with Crippen molar-refractivity contribution in [2.24, 2.45) is 5.92 Å². The van der Waals surface area contributed by atoms with E-state index in [4.69, 9.17) is 4.74 Å². The Morgan fingerprint density at radius 3 is 2.90 bits per heavy atom. The molecule has 5 heteroatoms. The molecule has 2 aliphatic heterocycles. The highest BCUT2D eigenvalue weighted by atomic mass is 32.2. The molecule has 2 atom stereocenters. The van der Waals surface area contributed by atoms with Gasteiger partial charge in [-0.3, -0.25) is 0 Å². The summed E-state index contributed by atoms with van der Waals surface area (Å²) in [5.41, 5.74) is 0.864. The fourth-order valence-electron chi connectivity index (χ4n) is 3.44. The molecule has 0 radical (unpaired) electrons. The lowest BCUT2D eigenvalue weighted by molar-refractivity contribution is -0.0357. The van der Waals surface area contributed by atoms with Crippen LogP contribution in [0.5, 0.6) is 0 Å². The summed E-state index contributed by atoms with van der Waals surface area (Å²) in [6.07, 6.45) is 3.66. The summed E-state index contributed by atoms with van der Waals surface area (Å²) in [5, 5.41) is 0. The van der Waals surface area contributed by atoms with Gasteiger partial charge in [0.05, 0.1) is 22.4 Å². The highest BCUT2D eigenvalue weighted by Crippen LogP contribution is 2.34. The molecular formula is C16H23NO3S. The SMILES string of the molecule is CCS(=O)(=O)c1ccccc1N1CC[C@H]2OCCC[C@H]2C1. The van der Waals surface area contributed by atoms with E-state index in [1.165, 1.54) is 6.42 Å². The van der Waals surface area contributed by atoms with E-state index in [0.29, 0.717) is 16.9 Å². The Bertz CT molecular complexity index is 599. The number of piperidine rings is 1. The van der Waals surface area contributed by atoms with Crippen LogP contribution in [-0.2, 0) is 14.6 Å². The molecule has 2 fully saturated rings. The standard InChI is InChI=1S/C16H23NO3S/c1-2-21(18,19)16-8-4-3-7-14(16)17-10-9-15-13(12-17)6-5-11-20-15/h3-4,7-8,13,15H,2,5-6,9-12H2,1H3/t13-,15+/m0/s1. The predicted molar refractivity (Wildman–Crippen MR) is 83.5 cm³/mol. The van der Waals surface area contributed by atoms with Crippen LogP contribution < -0.4 is 4.90 Å². The van der Waals surface area contributed by atoms with Gasteiger partial charge < -0.3 is 9.64 Å². The van der Waals surface area contributed by atoms with Crippen LogP contribution in [0.2, 0.25) is 0 Å². The number of benzene rings is 1. The van der Waals surface area contributed by atoms with E-state index in [9.17, 15) is 8.42 Å². The third-order valence-corrected chi connectivity index (χ3v) is 6.41. The number of fused-ring (bicyclic) bond motifs is 1. The lowest BCUT2D eigenvalue weighted by Crippen LogP contribution is -2.46. The van der Waals surface area contributed by atoms with Crippen molar-refractivity contribution in [2.45, 2.75) is 37.2 Å². The van der Waals surface area contributed by atoms with Gasteiger partial charge >= 0.3 is 0 Å². The van der Waals surface area contributed by atoms with E-state index in [1.807, 2.05) is 18.2 Å². The largest absolute Gasteiger partial charge is 0.378 e. The second-order valence-corrected chi connectivity index (χ2v) is 8.16. The van der Waals surface area contributed by atoms with Crippen LogP contribution in [0.3, 0.4) is 0 Å². The number of para-hydroxylation sites is 1. The molecule has 0 N–H and O–H groups in total. The molecule has 0 aromatic heterocycles. The summed E-state index contributed by atoms with van der Waals surface area (Å²) >= 11 is 0. The molecule has 1 aromatic carbocycles. The van der Waals surface area contributed by atoms with Crippen molar-refractivity contribution in [1.29, 1.82) is 0 Å². The molecule has 4 nitrogen and oxygen atoms in total. The van der Waals surface area contributed by atoms with Gasteiger partial charge in [0.15, 0.2) is 9.84 Å². The number of anilines is 1. The zero-order valence-corrected chi connectivity index (χ0v) is 13.3. The van der Waals surface area contributed by atoms with E-state index in [0.717, 1.165) is 38.2 Å². The molecule has 2 saturated heterocycles. The molecule has 116 valence electrons. The first kappa shape index (κ1) is 14.9. The molecule has 0 aliphatic carbocycles. The molecular weight excluding hydrogens is 286 g/mol.